The van der Waals surface area contributed by atoms with Gasteiger partial charge in [-0.2, -0.15) is 0 Å². The molecule has 0 heterocycles. The van der Waals surface area contributed by atoms with Crippen LogP contribution in [0.3, 0.4) is 0 Å². The molecule has 1 N–H and O–H groups in total. The minimum atomic E-state index is 0.188. The quantitative estimate of drug-likeness (QED) is 0.440. The lowest BCUT2D eigenvalue weighted by Crippen LogP contribution is -2.28. The van der Waals surface area contributed by atoms with E-state index in [0.717, 1.165) is 19.6 Å². The fraction of sp³-hybridized carbons (Fsp3) is 0.833. The van der Waals surface area contributed by atoms with Crippen molar-refractivity contribution in [2.75, 3.05) is 32.9 Å². The molecule has 1 unspecified atom stereocenters. The van der Waals surface area contributed by atoms with E-state index in [-0.39, 0.29) is 6.10 Å². The van der Waals surface area contributed by atoms with E-state index in [1.807, 2.05) is 6.92 Å². The van der Waals surface area contributed by atoms with E-state index >= 15 is 0 Å². The highest BCUT2D eigenvalue weighted by Gasteiger charge is 2.00. The van der Waals surface area contributed by atoms with E-state index in [9.17, 15) is 0 Å². The standard InChI is InChI=1S/C12H23NO2/c1-4-6-8-14-9-10-15-12(3)11-13-7-5-2/h2,12-13H,4,6-11H2,1,3H3. The lowest BCUT2D eigenvalue weighted by atomic mass is 10.4. The zero-order chi connectivity index (χ0) is 11.4. The molecule has 15 heavy (non-hydrogen) atoms. The smallest absolute Gasteiger partial charge is 0.0704 e. The molecule has 1 atom stereocenters. The summed E-state index contributed by atoms with van der Waals surface area (Å²) in [5, 5.41) is 3.09. The summed E-state index contributed by atoms with van der Waals surface area (Å²) < 4.78 is 10.9. The average molecular weight is 213 g/mol. The SMILES string of the molecule is C#CCNCC(C)OCCOCCCC. The first-order valence-corrected chi connectivity index (χ1v) is 5.64. The van der Waals surface area contributed by atoms with Crippen molar-refractivity contribution < 1.29 is 9.47 Å². The molecule has 0 saturated carbocycles. The number of hydrogen-bond donors (Lipinski definition) is 1. The van der Waals surface area contributed by atoms with Crippen molar-refractivity contribution in [1.82, 2.24) is 5.32 Å². The Bertz CT molecular complexity index is 165. The van der Waals surface area contributed by atoms with Gasteiger partial charge in [0.2, 0.25) is 0 Å². The van der Waals surface area contributed by atoms with Gasteiger partial charge in [-0.15, -0.1) is 6.42 Å². The summed E-state index contributed by atoms with van der Waals surface area (Å²) in [6.45, 7) is 7.74. The van der Waals surface area contributed by atoms with Crippen molar-refractivity contribution in [2.45, 2.75) is 32.8 Å². The van der Waals surface area contributed by atoms with Crippen molar-refractivity contribution in [3.05, 3.63) is 0 Å². The second-order valence-corrected chi connectivity index (χ2v) is 3.48. The zero-order valence-corrected chi connectivity index (χ0v) is 9.92. The fourth-order valence-electron chi connectivity index (χ4n) is 1.06. The molecule has 0 bridgehead atoms. The number of terminal acetylenes is 1. The Labute approximate surface area is 93.5 Å². The molecule has 0 aliphatic carbocycles. The molecular formula is C12H23NO2. The van der Waals surface area contributed by atoms with Crippen molar-refractivity contribution in [2.24, 2.45) is 0 Å². The van der Waals surface area contributed by atoms with Crippen LogP contribution in [0.4, 0.5) is 0 Å². The van der Waals surface area contributed by atoms with Gasteiger partial charge in [-0.05, 0) is 13.3 Å². The Balaban J connectivity index is 3.10. The minimum absolute atomic E-state index is 0.188. The molecule has 0 saturated heterocycles. The highest BCUT2D eigenvalue weighted by atomic mass is 16.5. The van der Waals surface area contributed by atoms with Gasteiger partial charge in [-0.3, -0.25) is 0 Å². The van der Waals surface area contributed by atoms with Gasteiger partial charge in [0.25, 0.3) is 0 Å². The van der Waals surface area contributed by atoms with E-state index in [1.54, 1.807) is 0 Å². The minimum Gasteiger partial charge on any atom is -0.379 e. The molecular weight excluding hydrogens is 190 g/mol. The maximum Gasteiger partial charge on any atom is 0.0704 e. The molecule has 0 spiro atoms. The van der Waals surface area contributed by atoms with Gasteiger partial charge in [-0.25, -0.2) is 0 Å². The third-order valence-corrected chi connectivity index (χ3v) is 1.93. The van der Waals surface area contributed by atoms with Crippen LogP contribution in [0, 0.1) is 12.3 Å². The normalized spacial score (nSPS) is 12.3. The van der Waals surface area contributed by atoms with Crippen LogP contribution < -0.4 is 5.32 Å². The molecule has 0 aliphatic rings. The van der Waals surface area contributed by atoms with Gasteiger partial charge in [-0.1, -0.05) is 19.3 Å². The van der Waals surface area contributed by atoms with Crippen molar-refractivity contribution in [3.8, 4) is 12.3 Å². The van der Waals surface area contributed by atoms with E-state index in [0.29, 0.717) is 19.8 Å². The van der Waals surface area contributed by atoms with Crippen LogP contribution in [0.15, 0.2) is 0 Å². The maximum atomic E-state index is 5.51. The Morgan fingerprint density at radius 1 is 1.33 bits per heavy atom. The first-order valence-electron chi connectivity index (χ1n) is 5.64. The Hall–Kier alpha value is -0.560. The van der Waals surface area contributed by atoms with Crippen molar-refractivity contribution >= 4 is 0 Å². The summed E-state index contributed by atoms with van der Waals surface area (Å²) in [5.41, 5.74) is 0. The Kier molecular flexibility index (Phi) is 11.1. The summed E-state index contributed by atoms with van der Waals surface area (Å²) in [6.07, 6.45) is 7.60. The van der Waals surface area contributed by atoms with Gasteiger partial charge < -0.3 is 14.8 Å². The largest absolute Gasteiger partial charge is 0.379 e. The predicted molar refractivity (Wildman–Crippen MR) is 62.8 cm³/mol. The first kappa shape index (κ1) is 14.4. The highest BCUT2D eigenvalue weighted by molar-refractivity contribution is 4.86. The topological polar surface area (TPSA) is 30.5 Å². The number of nitrogens with one attached hydrogen (secondary N) is 1. The molecule has 0 aliphatic heterocycles. The van der Waals surface area contributed by atoms with Crippen LogP contribution in [0.1, 0.15) is 26.7 Å². The van der Waals surface area contributed by atoms with Gasteiger partial charge >= 0.3 is 0 Å². The summed E-state index contributed by atoms with van der Waals surface area (Å²) in [5.74, 6) is 2.52. The van der Waals surface area contributed by atoms with Gasteiger partial charge in [0.1, 0.15) is 0 Å². The van der Waals surface area contributed by atoms with Crippen LogP contribution in [0.5, 0.6) is 0 Å². The van der Waals surface area contributed by atoms with Crippen LogP contribution in [-0.2, 0) is 9.47 Å². The molecule has 0 amide bonds. The fourth-order valence-corrected chi connectivity index (χ4v) is 1.06. The molecule has 3 nitrogen and oxygen atoms in total. The zero-order valence-electron chi connectivity index (χ0n) is 9.92. The molecule has 0 aromatic heterocycles. The summed E-state index contributed by atoms with van der Waals surface area (Å²) in [4.78, 5) is 0. The molecule has 3 heteroatoms. The number of unbranched alkanes of at least 4 members (excludes halogenated alkanes) is 1. The summed E-state index contributed by atoms with van der Waals surface area (Å²) in [6, 6.07) is 0. The van der Waals surface area contributed by atoms with Crippen LogP contribution >= 0.6 is 0 Å². The molecule has 0 aromatic rings. The number of ether oxygens (including phenoxy) is 2. The monoisotopic (exact) mass is 213 g/mol. The van der Waals surface area contributed by atoms with E-state index in [2.05, 4.69) is 18.2 Å². The first-order chi connectivity index (χ1) is 7.31. The van der Waals surface area contributed by atoms with Gasteiger partial charge in [0, 0.05) is 13.2 Å². The van der Waals surface area contributed by atoms with Crippen molar-refractivity contribution in [3.63, 3.8) is 0 Å². The number of rotatable bonds is 10. The van der Waals surface area contributed by atoms with Crippen LogP contribution in [0.25, 0.3) is 0 Å². The second kappa shape index (κ2) is 11.5. The third kappa shape index (κ3) is 11.4. The predicted octanol–water partition coefficient (Wildman–Crippen LogP) is 1.43. The average Bonchev–Trinajstić information content (AvgIpc) is 2.23. The highest BCUT2D eigenvalue weighted by Crippen LogP contribution is 1.91. The van der Waals surface area contributed by atoms with Gasteiger partial charge in [0.15, 0.2) is 0 Å². The van der Waals surface area contributed by atoms with E-state index in [4.69, 9.17) is 15.9 Å². The molecule has 88 valence electrons. The number of hydrogen-bond acceptors (Lipinski definition) is 3. The van der Waals surface area contributed by atoms with Gasteiger partial charge in [0.05, 0.1) is 25.9 Å². The second-order valence-electron chi connectivity index (χ2n) is 3.48. The summed E-state index contributed by atoms with van der Waals surface area (Å²) >= 11 is 0. The molecule has 0 fully saturated rings. The van der Waals surface area contributed by atoms with Crippen LogP contribution in [0.2, 0.25) is 0 Å². The van der Waals surface area contributed by atoms with Crippen LogP contribution in [-0.4, -0.2) is 39.0 Å². The molecule has 0 aromatic carbocycles. The molecule has 0 radical (unpaired) electrons. The lowest BCUT2D eigenvalue weighted by molar-refractivity contribution is 0.0126. The van der Waals surface area contributed by atoms with E-state index < -0.39 is 0 Å². The molecule has 0 rings (SSSR count). The lowest BCUT2D eigenvalue weighted by Gasteiger charge is -2.13. The maximum absolute atomic E-state index is 5.51. The summed E-state index contributed by atoms with van der Waals surface area (Å²) in [7, 11) is 0. The van der Waals surface area contributed by atoms with Crippen molar-refractivity contribution in [1.29, 1.82) is 0 Å². The Morgan fingerprint density at radius 2 is 2.13 bits per heavy atom. The van der Waals surface area contributed by atoms with E-state index in [1.165, 1.54) is 6.42 Å². The third-order valence-electron chi connectivity index (χ3n) is 1.93. The Morgan fingerprint density at radius 3 is 2.80 bits per heavy atom.